The minimum atomic E-state index is 0. The van der Waals surface area contributed by atoms with Gasteiger partial charge in [-0.15, -0.1) is 24.0 Å². The summed E-state index contributed by atoms with van der Waals surface area (Å²) in [5.41, 5.74) is 6.59. The van der Waals surface area contributed by atoms with Crippen LogP contribution in [-0.4, -0.2) is 32.1 Å². The third-order valence-electron chi connectivity index (χ3n) is 2.81. The van der Waals surface area contributed by atoms with Gasteiger partial charge in [0, 0.05) is 19.0 Å². The first-order valence-electron chi connectivity index (χ1n) is 7.02. The number of nitrogens with one attached hydrogen (secondary N) is 2. The third kappa shape index (κ3) is 7.48. The van der Waals surface area contributed by atoms with Gasteiger partial charge in [0.2, 0.25) is 5.91 Å². The predicted molar refractivity (Wildman–Crippen MR) is 101 cm³/mol. The molecule has 0 fully saturated rings. The van der Waals surface area contributed by atoms with E-state index in [1.807, 2.05) is 38.1 Å². The number of methoxy groups -OCH3 is 1. The SMILES string of the molecule is COc1ccccc1NC(N)=NCCCNC(=O)C(C)C.I. The van der Waals surface area contributed by atoms with Gasteiger partial charge in [0.15, 0.2) is 5.96 Å². The first-order chi connectivity index (χ1) is 10.0. The molecule has 0 spiro atoms. The van der Waals surface area contributed by atoms with Crippen LogP contribution in [0.1, 0.15) is 20.3 Å². The molecule has 0 radical (unpaired) electrons. The maximum Gasteiger partial charge on any atom is 0.222 e. The van der Waals surface area contributed by atoms with Crippen LogP contribution >= 0.6 is 24.0 Å². The molecule has 0 bridgehead atoms. The van der Waals surface area contributed by atoms with Gasteiger partial charge in [0.05, 0.1) is 12.8 Å². The van der Waals surface area contributed by atoms with Crippen LogP contribution in [0.15, 0.2) is 29.3 Å². The number of benzene rings is 1. The Morgan fingerprint density at radius 3 is 2.68 bits per heavy atom. The molecule has 0 heterocycles. The van der Waals surface area contributed by atoms with E-state index in [0.29, 0.717) is 24.8 Å². The normalized spacial score (nSPS) is 10.8. The maximum atomic E-state index is 11.4. The summed E-state index contributed by atoms with van der Waals surface area (Å²) in [6.45, 7) is 4.88. The highest BCUT2D eigenvalue weighted by Crippen LogP contribution is 2.22. The molecule has 0 aromatic heterocycles. The molecule has 0 saturated carbocycles. The molecule has 7 heteroatoms. The average molecular weight is 420 g/mol. The van der Waals surface area contributed by atoms with Crippen molar-refractivity contribution >= 4 is 41.5 Å². The van der Waals surface area contributed by atoms with Gasteiger partial charge in [-0.25, -0.2) is 0 Å². The molecule has 4 N–H and O–H groups in total. The van der Waals surface area contributed by atoms with E-state index in [0.717, 1.165) is 12.1 Å². The molecule has 22 heavy (non-hydrogen) atoms. The second kappa shape index (κ2) is 11.1. The number of amides is 1. The van der Waals surface area contributed by atoms with Gasteiger partial charge < -0.3 is 21.1 Å². The van der Waals surface area contributed by atoms with Crippen molar-refractivity contribution in [1.29, 1.82) is 0 Å². The van der Waals surface area contributed by atoms with Gasteiger partial charge in [-0.2, -0.15) is 0 Å². The summed E-state index contributed by atoms with van der Waals surface area (Å²) in [7, 11) is 1.60. The second-order valence-electron chi connectivity index (χ2n) is 4.89. The minimum Gasteiger partial charge on any atom is -0.495 e. The Kier molecular flexibility index (Phi) is 10.3. The van der Waals surface area contributed by atoms with Crippen molar-refractivity contribution in [3.8, 4) is 5.75 Å². The van der Waals surface area contributed by atoms with Gasteiger partial charge >= 0.3 is 0 Å². The van der Waals surface area contributed by atoms with Crippen LogP contribution in [0.5, 0.6) is 5.75 Å². The van der Waals surface area contributed by atoms with Crippen LogP contribution in [-0.2, 0) is 4.79 Å². The van der Waals surface area contributed by atoms with Crippen LogP contribution in [0.3, 0.4) is 0 Å². The summed E-state index contributed by atoms with van der Waals surface area (Å²) in [6, 6.07) is 7.48. The summed E-state index contributed by atoms with van der Waals surface area (Å²) in [4.78, 5) is 15.6. The second-order valence-corrected chi connectivity index (χ2v) is 4.89. The van der Waals surface area contributed by atoms with Gasteiger partial charge in [0.25, 0.3) is 0 Å². The molecule has 1 amide bonds. The third-order valence-corrected chi connectivity index (χ3v) is 2.81. The number of para-hydroxylation sites is 2. The molecule has 0 aliphatic heterocycles. The summed E-state index contributed by atoms with van der Waals surface area (Å²) in [6.07, 6.45) is 0.743. The van der Waals surface area contributed by atoms with Gasteiger partial charge in [-0.05, 0) is 18.6 Å². The number of halogens is 1. The first-order valence-corrected chi connectivity index (χ1v) is 7.02. The molecule has 0 unspecified atom stereocenters. The van der Waals surface area contributed by atoms with Crippen molar-refractivity contribution in [3.05, 3.63) is 24.3 Å². The molecule has 124 valence electrons. The molecule has 1 aromatic carbocycles. The Labute approximate surface area is 148 Å². The van der Waals surface area contributed by atoms with Crippen molar-refractivity contribution in [3.63, 3.8) is 0 Å². The summed E-state index contributed by atoms with van der Waals surface area (Å²) >= 11 is 0. The van der Waals surface area contributed by atoms with Crippen molar-refractivity contribution in [2.24, 2.45) is 16.6 Å². The first kappa shape index (κ1) is 20.5. The lowest BCUT2D eigenvalue weighted by molar-refractivity contribution is -0.123. The highest BCUT2D eigenvalue weighted by Gasteiger charge is 2.05. The van der Waals surface area contributed by atoms with E-state index in [1.54, 1.807) is 7.11 Å². The number of carbonyl (C=O) groups is 1. The highest BCUT2D eigenvalue weighted by atomic mass is 127. The summed E-state index contributed by atoms with van der Waals surface area (Å²) in [5, 5.41) is 5.83. The van der Waals surface area contributed by atoms with Crippen LogP contribution < -0.4 is 21.1 Å². The van der Waals surface area contributed by atoms with E-state index in [-0.39, 0.29) is 35.8 Å². The smallest absolute Gasteiger partial charge is 0.222 e. The Hall–Kier alpha value is -1.51. The molecule has 0 saturated heterocycles. The molecular formula is C15H25IN4O2. The zero-order chi connectivity index (χ0) is 15.7. The number of carbonyl (C=O) groups excluding carboxylic acids is 1. The molecule has 1 aromatic rings. The van der Waals surface area contributed by atoms with Gasteiger partial charge in [0.1, 0.15) is 5.75 Å². The topological polar surface area (TPSA) is 88.7 Å². The van der Waals surface area contributed by atoms with Crippen LogP contribution in [0.4, 0.5) is 5.69 Å². The van der Waals surface area contributed by atoms with E-state index in [2.05, 4.69) is 15.6 Å². The van der Waals surface area contributed by atoms with Crippen molar-refractivity contribution in [1.82, 2.24) is 5.32 Å². The minimum absolute atomic E-state index is 0. The molecule has 1 rings (SSSR count). The highest BCUT2D eigenvalue weighted by molar-refractivity contribution is 14.0. The molecular weight excluding hydrogens is 395 g/mol. The number of hydrogen-bond acceptors (Lipinski definition) is 3. The van der Waals surface area contributed by atoms with E-state index < -0.39 is 0 Å². The van der Waals surface area contributed by atoms with Crippen molar-refractivity contribution < 1.29 is 9.53 Å². The molecule has 0 aliphatic rings. The Balaban J connectivity index is 0.00000441. The summed E-state index contributed by atoms with van der Waals surface area (Å²) < 4.78 is 5.22. The number of anilines is 1. The lowest BCUT2D eigenvalue weighted by atomic mass is 10.2. The number of nitrogens with zero attached hydrogens (tertiary/aromatic N) is 1. The fourth-order valence-corrected chi connectivity index (χ4v) is 1.62. The number of ether oxygens (including phenoxy) is 1. The van der Waals surface area contributed by atoms with E-state index in [4.69, 9.17) is 10.5 Å². The molecule has 0 atom stereocenters. The maximum absolute atomic E-state index is 11.4. The number of hydrogen-bond donors (Lipinski definition) is 3. The number of guanidine groups is 1. The van der Waals surface area contributed by atoms with Crippen LogP contribution in [0, 0.1) is 5.92 Å². The Bertz CT molecular complexity index is 492. The van der Waals surface area contributed by atoms with Gasteiger partial charge in [-0.3, -0.25) is 9.79 Å². The van der Waals surface area contributed by atoms with E-state index in [1.165, 1.54) is 0 Å². The lowest BCUT2D eigenvalue weighted by Crippen LogP contribution is -2.29. The molecule has 6 nitrogen and oxygen atoms in total. The zero-order valence-corrected chi connectivity index (χ0v) is 15.6. The largest absolute Gasteiger partial charge is 0.495 e. The van der Waals surface area contributed by atoms with E-state index >= 15 is 0 Å². The number of nitrogens with two attached hydrogens (primary N) is 1. The average Bonchev–Trinajstić information content (AvgIpc) is 2.47. The van der Waals surface area contributed by atoms with Crippen molar-refractivity contribution in [2.75, 3.05) is 25.5 Å². The van der Waals surface area contributed by atoms with Crippen molar-refractivity contribution in [2.45, 2.75) is 20.3 Å². The Morgan fingerprint density at radius 2 is 2.05 bits per heavy atom. The quantitative estimate of drug-likeness (QED) is 0.273. The standard InChI is InChI=1S/C15H24N4O2.HI/c1-11(2)14(20)17-9-6-10-18-15(16)19-12-7-4-5-8-13(12)21-3;/h4-5,7-8,11H,6,9-10H2,1-3H3,(H,17,20)(H3,16,18,19);1H. The zero-order valence-electron chi connectivity index (χ0n) is 13.3. The Morgan fingerprint density at radius 1 is 1.36 bits per heavy atom. The fraction of sp³-hybridized carbons (Fsp3) is 0.467. The fourth-order valence-electron chi connectivity index (χ4n) is 1.62. The number of rotatable bonds is 7. The summed E-state index contributed by atoms with van der Waals surface area (Å²) in [5.74, 6) is 1.10. The number of aliphatic imine (C=N–C) groups is 1. The van der Waals surface area contributed by atoms with Gasteiger partial charge in [-0.1, -0.05) is 26.0 Å². The molecule has 0 aliphatic carbocycles. The van der Waals surface area contributed by atoms with Crippen LogP contribution in [0.2, 0.25) is 0 Å². The predicted octanol–water partition coefficient (Wildman–Crippen LogP) is 2.20. The lowest BCUT2D eigenvalue weighted by Gasteiger charge is -2.10. The monoisotopic (exact) mass is 420 g/mol. The van der Waals surface area contributed by atoms with Crippen LogP contribution in [0.25, 0.3) is 0 Å². The van der Waals surface area contributed by atoms with E-state index in [9.17, 15) is 4.79 Å².